The van der Waals surface area contributed by atoms with Gasteiger partial charge in [-0.2, -0.15) is 0 Å². The van der Waals surface area contributed by atoms with Crippen molar-refractivity contribution in [2.24, 2.45) is 11.8 Å². The molecule has 0 aromatic heterocycles. The van der Waals surface area contributed by atoms with Crippen molar-refractivity contribution in [2.75, 3.05) is 0 Å². The highest BCUT2D eigenvalue weighted by atomic mass is 28.4. The van der Waals surface area contributed by atoms with Gasteiger partial charge in [-0.1, -0.05) is 34.6 Å². The summed E-state index contributed by atoms with van der Waals surface area (Å²) in [5, 5.41) is 0.247. The highest BCUT2D eigenvalue weighted by Crippen LogP contribution is 2.40. The van der Waals surface area contributed by atoms with Gasteiger partial charge in [0.2, 0.25) is 0 Å². The van der Waals surface area contributed by atoms with Crippen LogP contribution in [0.4, 0.5) is 0 Å². The summed E-state index contributed by atoms with van der Waals surface area (Å²) < 4.78 is 6.46. The third-order valence-corrected chi connectivity index (χ3v) is 9.31. The van der Waals surface area contributed by atoms with E-state index in [1.165, 1.54) is 0 Å². The lowest BCUT2D eigenvalue weighted by Gasteiger charge is -2.43. The zero-order chi connectivity index (χ0) is 13.4. The van der Waals surface area contributed by atoms with E-state index in [1.807, 2.05) is 6.92 Å². The van der Waals surface area contributed by atoms with Crippen LogP contribution in [0.5, 0.6) is 0 Å². The summed E-state index contributed by atoms with van der Waals surface area (Å²) in [5.41, 5.74) is 0. The Morgan fingerprint density at radius 3 is 2.24 bits per heavy atom. The van der Waals surface area contributed by atoms with Crippen LogP contribution in [0.3, 0.4) is 0 Å². The Labute approximate surface area is 107 Å². The second-order valence-corrected chi connectivity index (χ2v) is 11.8. The quantitative estimate of drug-likeness (QED) is 0.698. The molecule has 0 bridgehead atoms. The Balaban J connectivity index is 2.73. The number of carbonyl (C=O) groups excluding carboxylic acids is 1. The van der Waals surface area contributed by atoms with Crippen LogP contribution in [-0.2, 0) is 9.22 Å². The first-order valence-corrected chi connectivity index (χ1v) is 9.67. The maximum absolute atomic E-state index is 11.7. The molecular weight excluding hydrogens is 228 g/mol. The van der Waals surface area contributed by atoms with Crippen molar-refractivity contribution in [1.82, 2.24) is 0 Å². The Bertz CT molecular complexity index is 291. The largest absolute Gasteiger partial charge is 0.414 e. The summed E-state index contributed by atoms with van der Waals surface area (Å²) in [5.74, 6) is 0.941. The molecule has 0 spiro atoms. The van der Waals surface area contributed by atoms with Crippen LogP contribution < -0.4 is 0 Å². The van der Waals surface area contributed by atoms with Crippen LogP contribution in [-0.4, -0.2) is 20.2 Å². The van der Waals surface area contributed by atoms with E-state index >= 15 is 0 Å². The summed E-state index contributed by atoms with van der Waals surface area (Å²) in [6, 6.07) is 0. The standard InChI is InChI=1S/C14H28O2Si/c1-10-11(2)13(9-8-12(10)15)16-17(6,7)14(3,4)5/h10-11,13H,8-9H2,1-7H3/t10-,11-,13-/m1/s1. The molecule has 2 nitrogen and oxygen atoms in total. The monoisotopic (exact) mass is 256 g/mol. The Morgan fingerprint density at radius 1 is 1.24 bits per heavy atom. The number of rotatable bonds is 2. The van der Waals surface area contributed by atoms with Crippen molar-refractivity contribution < 1.29 is 9.22 Å². The molecule has 3 atom stereocenters. The van der Waals surface area contributed by atoms with E-state index in [1.54, 1.807) is 0 Å². The van der Waals surface area contributed by atoms with Crippen molar-refractivity contribution in [1.29, 1.82) is 0 Å². The maximum atomic E-state index is 11.7. The van der Waals surface area contributed by atoms with E-state index in [4.69, 9.17) is 4.43 Å². The smallest absolute Gasteiger partial charge is 0.192 e. The van der Waals surface area contributed by atoms with Crippen molar-refractivity contribution in [2.45, 2.75) is 71.7 Å². The highest BCUT2D eigenvalue weighted by Gasteiger charge is 2.42. The Kier molecular flexibility index (Phi) is 4.25. The predicted octanol–water partition coefficient (Wildman–Crippen LogP) is 4.01. The number of hydrogen-bond donors (Lipinski definition) is 0. The Morgan fingerprint density at radius 2 is 1.76 bits per heavy atom. The molecule has 100 valence electrons. The van der Waals surface area contributed by atoms with Crippen molar-refractivity contribution in [3.05, 3.63) is 0 Å². The molecule has 1 saturated carbocycles. The minimum atomic E-state index is -1.70. The summed E-state index contributed by atoms with van der Waals surface area (Å²) >= 11 is 0. The molecule has 0 saturated heterocycles. The molecule has 0 heterocycles. The fourth-order valence-corrected chi connectivity index (χ4v) is 3.55. The van der Waals surface area contributed by atoms with Crippen LogP contribution in [0.25, 0.3) is 0 Å². The maximum Gasteiger partial charge on any atom is 0.192 e. The van der Waals surface area contributed by atoms with Gasteiger partial charge in [0.15, 0.2) is 8.32 Å². The van der Waals surface area contributed by atoms with Gasteiger partial charge < -0.3 is 4.43 Å². The van der Waals surface area contributed by atoms with Crippen LogP contribution in [0.1, 0.15) is 47.5 Å². The molecule has 1 fully saturated rings. The first-order valence-electron chi connectivity index (χ1n) is 6.77. The molecule has 3 heteroatoms. The first kappa shape index (κ1) is 14.9. The zero-order valence-electron chi connectivity index (χ0n) is 12.5. The molecule has 1 rings (SSSR count). The summed E-state index contributed by atoms with van der Waals surface area (Å²) in [6.45, 7) is 15.6. The van der Waals surface area contributed by atoms with Crippen LogP contribution in [0.2, 0.25) is 18.1 Å². The van der Waals surface area contributed by atoms with Crippen LogP contribution >= 0.6 is 0 Å². The van der Waals surface area contributed by atoms with Gasteiger partial charge in [0.1, 0.15) is 5.78 Å². The zero-order valence-corrected chi connectivity index (χ0v) is 13.5. The third kappa shape index (κ3) is 3.19. The van der Waals surface area contributed by atoms with E-state index in [0.29, 0.717) is 18.1 Å². The predicted molar refractivity (Wildman–Crippen MR) is 74.6 cm³/mol. The number of Topliss-reactive ketones (excluding diaryl/α,β-unsaturated/α-hetero) is 1. The van der Waals surface area contributed by atoms with Gasteiger partial charge in [-0.25, -0.2) is 0 Å². The lowest BCUT2D eigenvalue weighted by molar-refractivity contribution is -0.129. The van der Waals surface area contributed by atoms with Gasteiger partial charge in [0.05, 0.1) is 0 Å². The lowest BCUT2D eigenvalue weighted by Crippen LogP contribution is -2.48. The SMILES string of the molecule is C[C@H]1[C@H](O[Si](C)(C)C(C)(C)C)CCC(=O)[C@@H]1C. The molecule has 1 aliphatic carbocycles. The molecule has 1 aliphatic rings. The fourth-order valence-electron chi connectivity index (χ4n) is 2.11. The van der Waals surface area contributed by atoms with Gasteiger partial charge in [0.25, 0.3) is 0 Å². The molecule has 0 radical (unpaired) electrons. The van der Waals surface area contributed by atoms with E-state index in [9.17, 15) is 4.79 Å². The van der Waals surface area contributed by atoms with Gasteiger partial charge in [-0.05, 0) is 30.5 Å². The molecular formula is C14H28O2Si. The second-order valence-electron chi connectivity index (χ2n) is 7.07. The molecule has 17 heavy (non-hydrogen) atoms. The molecule has 0 aromatic rings. The van der Waals surface area contributed by atoms with Gasteiger partial charge >= 0.3 is 0 Å². The topological polar surface area (TPSA) is 26.3 Å². The Hall–Kier alpha value is -0.153. The van der Waals surface area contributed by atoms with E-state index < -0.39 is 8.32 Å². The molecule has 0 aliphatic heterocycles. The second kappa shape index (κ2) is 4.85. The molecule has 0 N–H and O–H groups in total. The lowest BCUT2D eigenvalue weighted by atomic mass is 9.79. The summed E-state index contributed by atoms with van der Waals surface area (Å²) in [7, 11) is -1.70. The fraction of sp³-hybridized carbons (Fsp3) is 0.929. The van der Waals surface area contributed by atoms with Crippen molar-refractivity contribution in [3.8, 4) is 0 Å². The van der Waals surface area contributed by atoms with E-state index in [2.05, 4.69) is 40.8 Å². The van der Waals surface area contributed by atoms with Gasteiger partial charge in [0, 0.05) is 18.4 Å². The van der Waals surface area contributed by atoms with E-state index in [0.717, 1.165) is 6.42 Å². The number of carbonyl (C=O) groups is 1. The third-order valence-electron chi connectivity index (χ3n) is 4.81. The minimum Gasteiger partial charge on any atom is -0.414 e. The first-order chi connectivity index (χ1) is 7.56. The van der Waals surface area contributed by atoms with Crippen LogP contribution in [0.15, 0.2) is 0 Å². The normalized spacial score (nSPS) is 31.7. The van der Waals surface area contributed by atoms with Crippen molar-refractivity contribution >= 4 is 14.1 Å². The molecule has 0 unspecified atom stereocenters. The average Bonchev–Trinajstić information content (AvgIpc) is 2.17. The average molecular weight is 256 g/mol. The number of ketones is 1. The highest BCUT2D eigenvalue weighted by molar-refractivity contribution is 6.74. The van der Waals surface area contributed by atoms with Crippen molar-refractivity contribution in [3.63, 3.8) is 0 Å². The molecule has 0 amide bonds. The van der Waals surface area contributed by atoms with Gasteiger partial charge in [-0.15, -0.1) is 0 Å². The summed E-state index contributed by atoms with van der Waals surface area (Å²) in [4.78, 5) is 11.7. The van der Waals surface area contributed by atoms with E-state index in [-0.39, 0.29) is 17.1 Å². The van der Waals surface area contributed by atoms with Crippen LogP contribution in [0, 0.1) is 11.8 Å². The molecule has 0 aromatic carbocycles. The van der Waals surface area contributed by atoms with Gasteiger partial charge in [-0.3, -0.25) is 4.79 Å². The number of hydrogen-bond acceptors (Lipinski definition) is 2. The minimum absolute atomic E-state index is 0.165. The summed E-state index contributed by atoms with van der Waals surface area (Å²) in [6.07, 6.45) is 1.89.